The quantitative estimate of drug-likeness (QED) is 0.914. The number of rotatable bonds is 5. The molecule has 2 atom stereocenters. The van der Waals surface area contributed by atoms with E-state index in [1.54, 1.807) is 0 Å². The zero-order valence-electron chi connectivity index (χ0n) is 12.4. The third-order valence-corrected chi connectivity index (χ3v) is 4.29. The molecule has 21 heavy (non-hydrogen) atoms. The Morgan fingerprint density at radius 1 is 1.24 bits per heavy atom. The zero-order chi connectivity index (χ0) is 14.5. The number of ether oxygens (including phenoxy) is 1. The SMILES string of the molecule is OC(CCC1CCCCO1)Cc1ccnc2ccccc12. The van der Waals surface area contributed by atoms with Gasteiger partial charge in [-0.1, -0.05) is 18.2 Å². The predicted octanol–water partition coefficient (Wildman–Crippen LogP) is 3.49. The molecule has 3 nitrogen and oxygen atoms in total. The van der Waals surface area contributed by atoms with Crippen LogP contribution in [0.15, 0.2) is 36.5 Å². The molecule has 2 aromatic rings. The van der Waals surface area contributed by atoms with Gasteiger partial charge in [0.1, 0.15) is 0 Å². The van der Waals surface area contributed by atoms with Gasteiger partial charge in [0, 0.05) is 18.2 Å². The van der Waals surface area contributed by atoms with Gasteiger partial charge in [0.05, 0.1) is 17.7 Å². The molecule has 2 unspecified atom stereocenters. The molecule has 3 rings (SSSR count). The summed E-state index contributed by atoms with van der Waals surface area (Å²) in [5, 5.41) is 11.5. The third kappa shape index (κ3) is 3.80. The standard InChI is InChI=1S/C18H23NO2/c20-15(8-9-16-5-3-4-12-21-16)13-14-10-11-19-18-7-2-1-6-17(14)18/h1-2,6-7,10-11,15-16,20H,3-5,8-9,12-13H2. The van der Waals surface area contributed by atoms with Crippen LogP contribution >= 0.6 is 0 Å². The van der Waals surface area contributed by atoms with E-state index < -0.39 is 0 Å². The zero-order valence-corrected chi connectivity index (χ0v) is 12.4. The molecule has 0 spiro atoms. The summed E-state index contributed by atoms with van der Waals surface area (Å²) in [7, 11) is 0. The molecule has 112 valence electrons. The van der Waals surface area contributed by atoms with Gasteiger partial charge >= 0.3 is 0 Å². The lowest BCUT2D eigenvalue weighted by molar-refractivity contribution is 0.00236. The van der Waals surface area contributed by atoms with Crippen molar-refractivity contribution in [1.82, 2.24) is 4.98 Å². The second kappa shape index (κ2) is 7.01. The number of aliphatic hydroxyl groups excluding tert-OH is 1. The van der Waals surface area contributed by atoms with Crippen LogP contribution in [0.4, 0.5) is 0 Å². The van der Waals surface area contributed by atoms with Crippen molar-refractivity contribution in [3.8, 4) is 0 Å². The van der Waals surface area contributed by atoms with E-state index in [4.69, 9.17) is 4.74 Å². The topological polar surface area (TPSA) is 42.4 Å². The molecular formula is C18H23NO2. The van der Waals surface area contributed by atoms with E-state index in [-0.39, 0.29) is 6.10 Å². The van der Waals surface area contributed by atoms with Crippen LogP contribution in [-0.2, 0) is 11.2 Å². The van der Waals surface area contributed by atoms with E-state index in [2.05, 4.69) is 11.1 Å². The van der Waals surface area contributed by atoms with Gasteiger partial charge in [-0.15, -0.1) is 0 Å². The normalized spacial score (nSPS) is 20.5. The first-order chi connectivity index (χ1) is 10.3. The van der Waals surface area contributed by atoms with Gasteiger partial charge in [-0.3, -0.25) is 4.98 Å². The Morgan fingerprint density at radius 3 is 3.00 bits per heavy atom. The molecular weight excluding hydrogens is 262 g/mol. The predicted molar refractivity (Wildman–Crippen MR) is 84.3 cm³/mol. The average Bonchev–Trinajstić information content (AvgIpc) is 2.54. The molecule has 1 N–H and O–H groups in total. The maximum Gasteiger partial charge on any atom is 0.0704 e. The Labute approximate surface area is 126 Å². The lowest BCUT2D eigenvalue weighted by Gasteiger charge is -2.23. The average molecular weight is 285 g/mol. The number of fused-ring (bicyclic) bond motifs is 1. The highest BCUT2D eigenvalue weighted by Crippen LogP contribution is 2.21. The van der Waals surface area contributed by atoms with Crippen molar-refractivity contribution in [3.05, 3.63) is 42.1 Å². The monoisotopic (exact) mass is 285 g/mol. The molecule has 1 aliphatic rings. The molecule has 2 heterocycles. The number of hydrogen-bond donors (Lipinski definition) is 1. The first-order valence-electron chi connectivity index (χ1n) is 7.95. The van der Waals surface area contributed by atoms with Crippen molar-refractivity contribution in [2.24, 2.45) is 0 Å². The lowest BCUT2D eigenvalue weighted by atomic mass is 9.98. The Hall–Kier alpha value is -1.45. The summed E-state index contributed by atoms with van der Waals surface area (Å²) in [5.74, 6) is 0. The third-order valence-electron chi connectivity index (χ3n) is 4.29. The van der Waals surface area contributed by atoms with Crippen molar-refractivity contribution in [2.75, 3.05) is 6.61 Å². The van der Waals surface area contributed by atoms with Crippen molar-refractivity contribution >= 4 is 10.9 Å². The van der Waals surface area contributed by atoms with Gasteiger partial charge in [-0.2, -0.15) is 0 Å². The van der Waals surface area contributed by atoms with Crippen LogP contribution in [0.25, 0.3) is 10.9 Å². The summed E-state index contributed by atoms with van der Waals surface area (Å²) in [6.07, 6.45) is 7.92. The van der Waals surface area contributed by atoms with Crippen LogP contribution in [0.5, 0.6) is 0 Å². The highest BCUT2D eigenvalue weighted by molar-refractivity contribution is 5.81. The first kappa shape index (κ1) is 14.5. The Balaban J connectivity index is 1.59. The largest absolute Gasteiger partial charge is 0.393 e. The molecule has 1 aromatic carbocycles. The van der Waals surface area contributed by atoms with Crippen molar-refractivity contribution < 1.29 is 9.84 Å². The Kier molecular flexibility index (Phi) is 4.84. The van der Waals surface area contributed by atoms with Crippen LogP contribution in [0.3, 0.4) is 0 Å². The summed E-state index contributed by atoms with van der Waals surface area (Å²) >= 11 is 0. The summed E-state index contributed by atoms with van der Waals surface area (Å²) < 4.78 is 5.73. The van der Waals surface area contributed by atoms with E-state index in [0.717, 1.165) is 36.8 Å². The van der Waals surface area contributed by atoms with E-state index in [9.17, 15) is 5.11 Å². The molecule has 0 aliphatic carbocycles. The first-order valence-corrected chi connectivity index (χ1v) is 7.95. The maximum absolute atomic E-state index is 10.3. The number of aliphatic hydroxyl groups is 1. The molecule has 1 aromatic heterocycles. The Morgan fingerprint density at radius 2 is 2.14 bits per heavy atom. The van der Waals surface area contributed by atoms with Crippen LogP contribution in [0.2, 0.25) is 0 Å². The van der Waals surface area contributed by atoms with E-state index in [0.29, 0.717) is 12.5 Å². The number of hydrogen-bond acceptors (Lipinski definition) is 3. The maximum atomic E-state index is 10.3. The fourth-order valence-electron chi connectivity index (χ4n) is 3.10. The molecule has 1 saturated heterocycles. The second-order valence-corrected chi connectivity index (χ2v) is 5.91. The van der Waals surface area contributed by atoms with Crippen molar-refractivity contribution in [1.29, 1.82) is 0 Å². The van der Waals surface area contributed by atoms with E-state index in [1.165, 1.54) is 18.4 Å². The highest BCUT2D eigenvalue weighted by Gasteiger charge is 2.16. The van der Waals surface area contributed by atoms with Crippen molar-refractivity contribution in [3.63, 3.8) is 0 Å². The molecule has 1 aliphatic heterocycles. The summed E-state index contributed by atoms with van der Waals surface area (Å²) in [6, 6.07) is 10.1. The van der Waals surface area contributed by atoms with Crippen LogP contribution in [0, 0.1) is 0 Å². The molecule has 0 saturated carbocycles. The van der Waals surface area contributed by atoms with Gasteiger partial charge in [0.2, 0.25) is 0 Å². The molecule has 0 amide bonds. The number of nitrogens with zero attached hydrogens (tertiary/aromatic N) is 1. The van der Waals surface area contributed by atoms with E-state index in [1.807, 2.05) is 30.5 Å². The fourth-order valence-corrected chi connectivity index (χ4v) is 3.10. The van der Waals surface area contributed by atoms with Crippen molar-refractivity contribution in [2.45, 2.75) is 50.7 Å². The van der Waals surface area contributed by atoms with Crippen LogP contribution < -0.4 is 0 Å². The number of benzene rings is 1. The van der Waals surface area contributed by atoms with Crippen LogP contribution in [-0.4, -0.2) is 28.9 Å². The van der Waals surface area contributed by atoms with Gasteiger partial charge < -0.3 is 9.84 Å². The summed E-state index contributed by atoms with van der Waals surface area (Å²) in [5.41, 5.74) is 2.18. The van der Waals surface area contributed by atoms with Gasteiger partial charge in [0.15, 0.2) is 0 Å². The van der Waals surface area contributed by atoms with Gasteiger partial charge in [-0.25, -0.2) is 0 Å². The number of pyridine rings is 1. The molecule has 3 heteroatoms. The molecule has 0 bridgehead atoms. The van der Waals surface area contributed by atoms with Gasteiger partial charge in [-0.05, 0) is 56.2 Å². The fraction of sp³-hybridized carbons (Fsp3) is 0.500. The minimum absolute atomic E-state index is 0.304. The highest BCUT2D eigenvalue weighted by atomic mass is 16.5. The van der Waals surface area contributed by atoms with E-state index >= 15 is 0 Å². The minimum atomic E-state index is -0.304. The summed E-state index contributed by atoms with van der Waals surface area (Å²) in [6.45, 7) is 0.885. The number of aromatic nitrogens is 1. The number of para-hydroxylation sites is 1. The smallest absolute Gasteiger partial charge is 0.0704 e. The lowest BCUT2D eigenvalue weighted by Crippen LogP contribution is -2.21. The van der Waals surface area contributed by atoms with Gasteiger partial charge in [0.25, 0.3) is 0 Å². The summed E-state index contributed by atoms with van der Waals surface area (Å²) in [4.78, 5) is 4.37. The second-order valence-electron chi connectivity index (χ2n) is 5.91. The Bertz CT molecular complexity index is 573. The van der Waals surface area contributed by atoms with Crippen LogP contribution in [0.1, 0.15) is 37.7 Å². The molecule has 0 radical (unpaired) electrons. The molecule has 1 fully saturated rings. The minimum Gasteiger partial charge on any atom is -0.393 e.